The SMILES string of the molecule is C[NH+]1CCC2(CC1)OCCO2.[Br-]. The van der Waals surface area contributed by atoms with Crippen molar-refractivity contribution < 1.29 is 31.4 Å². The normalized spacial score (nSPS) is 28.8. The summed E-state index contributed by atoms with van der Waals surface area (Å²) in [5.41, 5.74) is 0. The number of quaternary nitrogens is 1. The third-order valence-electron chi connectivity index (χ3n) is 2.68. The average Bonchev–Trinajstić information content (AvgIpc) is 2.45. The first-order valence-corrected chi connectivity index (χ1v) is 4.40. The highest BCUT2D eigenvalue weighted by atomic mass is 79.9. The van der Waals surface area contributed by atoms with Gasteiger partial charge in [0, 0.05) is 0 Å². The van der Waals surface area contributed by atoms with E-state index < -0.39 is 0 Å². The monoisotopic (exact) mass is 237 g/mol. The van der Waals surface area contributed by atoms with Crippen LogP contribution in [0.5, 0.6) is 0 Å². The van der Waals surface area contributed by atoms with Gasteiger partial charge in [0.25, 0.3) is 0 Å². The average molecular weight is 238 g/mol. The second kappa shape index (κ2) is 4.05. The van der Waals surface area contributed by atoms with Gasteiger partial charge in [0.15, 0.2) is 5.79 Å². The van der Waals surface area contributed by atoms with E-state index in [0.717, 1.165) is 26.1 Å². The Hall–Kier alpha value is 0.360. The molecular formula is C8H16BrNO2. The van der Waals surface area contributed by atoms with Crippen LogP contribution in [0, 0.1) is 0 Å². The van der Waals surface area contributed by atoms with Crippen molar-refractivity contribution >= 4 is 0 Å². The van der Waals surface area contributed by atoms with Gasteiger partial charge in [-0.1, -0.05) is 0 Å². The molecule has 72 valence electrons. The number of rotatable bonds is 0. The minimum absolute atomic E-state index is 0. The van der Waals surface area contributed by atoms with Crippen molar-refractivity contribution in [3.05, 3.63) is 0 Å². The zero-order valence-electron chi connectivity index (χ0n) is 7.44. The number of ether oxygens (including phenoxy) is 2. The van der Waals surface area contributed by atoms with Crippen LogP contribution in [0.2, 0.25) is 0 Å². The van der Waals surface area contributed by atoms with E-state index in [2.05, 4.69) is 7.05 Å². The molecule has 4 heteroatoms. The molecule has 0 aliphatic carbocycles. The molecule has 3 nitrogen and oxygen atoms in total. The number of likely N-dealkylation sites (tertiary alicyclic amines) is 1. The number of halogens is 1. The summed E-state index contributed by atoms with van der Waals surface area (Å²) in [5.74, 6) is -0.167. The Morgan fingerprint density at radius 2 is 1.58 bits per heavy atom. The third-order valence-corrected chi connectivity index (χ3v) is 2.68. The van der Waals surface area contributed by atoms with E-state index in [0.29, 0.717) is 0 Å². The molecule has 12 heavy (non-hydrogen) atoms. The van der Waals surface area contributed by atoms with Crippen molar-refractivity contribution in [1.29, 1.82) is 0 Å². The van der Waals surface area contributed by atoms with Gasteiger partial charge >= 0.3 is 0 Å². The summed E-state index contributed by atoms with van der Waals surface area (Å²) in [7, 11) is 2.22. The fraction of sp³-hybridized carbons (Fsp3) is 1.00. The molecule has 2 aliphatic heterocycles. The number of nitrogens with one attached hydrogen (secondary N) is 1. The lowest BCUT2D eigenvalue weighted by molar-refractivity contribution is -0.888. The van der Waals surface area contributed by atoms with Gasteiger partial charge in [-0.3, -0.25) is 0 Å². The fourth-order valence-electron chi connectivity index (χ4n) is 1.84. The molecule has 0 aromatic rings. The van der Waals surface area contributed by atoms with Crippen LogP contribution < -0.4 is 21.9 Å². The van der Waals surface area contributed by atoms with Gasteiger partial charge in [-0.15, -0.1) is 0 Å². The summed E-state index contributed by atoms with van der Waals surface area (Å²) in [6.45, 7) is 3.94. The first-order valence-electron chi connectivity index (χ1n) is 4.40. The van der Waals surface area contributed by atoms with Gasteiger partial charge in [0.05, 0.1) is 46.2 Å². The highest BCUT2D eigenvalue weighted by molar-refractivity contribution is 4.75. The van der Waals surface area contributed by atoms with Gasteiger partial charge in [-0.05, 0) is 0 Å². The minimum Gasteiger partial charge on any atom is -1.00 e. The third kappa shape index (κ3) is 1.99. The van der Waals surface area contributed by atoms with Crippen LogP contribution in [-0.4, -0.2) is 39.1 Å². The Balaban J connectivity index is 0.000000720. The van der Waals surface area contributed by atoms with Crippen molar-refractivity contribution in [1.82, 2.24) is 0 Å². The van der Waals surface area contributed by atoms with E-state index in [9.17, 15) is 0 Å². The second-order valence-electron chi connectivity index (χ2n) is 3.56. The van der Waals surface area contributed by atoms with Crippen molar-refractivity contribution in [2.45, 2.75) is 18.6 Å². The summed E-state index contributed by atoms with van der Waals surface area (Å²) in [5, 5.41) is 0. The van der Waals surface area contributed by atoms with Crippen molar-refractivity contribution in [3.63, 3.8) is 0 Å². The van der Waals surface area contributed by atoms with E-state index in [1.54, 1.807) is 4.90 Å². The molecule has 2 rings (SSSR count). The molecule has 2 saturated heterocycles. The lowest BCUT2D eigenvalue weighted by atomic mass is 10.0. The number of piperidine rings is 1. The maximum Gasteiger partial charge on any atom is 0.179 e. The zero-order valence-corrected chi connectivity index (χ0v) is 9.02. The Morgan fingerprint density at radius 1 is 1.08 bits per heavy atom. The maximum absolute atomic E-state index is 5.59. The molecular weight excluding hydrogens is 222 g/mol. The minimum atomic E-state index is -0.167. The topological polar surface area (TPSA) is 22.9 Å². The Morgan fingerprint density at radius 3 is 2.08 bits per heavy atom. The van der Waals surface area contributed by atoms with E-state index in [1.165, 1.54) is 13.1 Å². The molecule has 0 saturated carbocycles. The van der Waals surface area contributed by atoms with Gasteiger partial charge in [0.1, 0.15) is 0 Å². The first-order chi connectivity index (χ1) is 5.31. The Bertz CT molecular complexity index is 138. The van der Waals surface area contributed by atoms with E-state index in [-0.39, 0.29) is 22.8 Å². The number of hydrogen-bond acceptors (Lipinski definition) is 2. The van der Waals surface area contributed by atoms with E-state index in [4.69, 9.17) is 9.47 Å². The molecule has 1 spiro atoms. The molecule has 0 atom stereocenters. The maximum atomic E-state index is 5.59. The van der Waals surface area contributed by atoms with Gasteiger partial charge < -0.3 is 31.4 Å². The van der Waals surface area contributed by atoms with Crippen molar-refractivity contribution in [3.8, 4) is 0 Å². The Kier molecular flexibility index (Phi) is 3.52. The van der Waals surface area contributed by atoms with Crippen LogP contribution in [0.4, 0.5) is 0 Å². The van der Waals surface area contributed by atoms with Crippen molar-refractivity contribution in [2.24, 2.45) is 0 Å². The summed E-state index contributed by atoms with van der Waals surface area (Å²) >= 11 is 0. The summed E-state index contributed by atoms with van der Waals surface area (Å²) in [4.78, 5) is 1.59. The predicted octanol–water partition coefficient (Wildman–Crippen LogP) is -3.96. The van der Waals surface area contributed by atoms with E-state index in [1.807, 2.05) is 0 Å². The molecule has 0 aromatic carbocycles. The molecule has 1 N–H and O–H groups in total. The van der Waals surface area contributed by atoms with E-state index >= 15 is 0 Å². The fourth-order valence-corrected chi connectivity index (χ4v) is 1.84. The second-order valence-corrected chi connectivity index (χ2v) is 3.56. The largest absolute Gasteiger partial charge is 1.00 e. The van der Waals surface area contributed by atoms with Crippen LogP contribution in [0.15, 0.2) is 0 Å². The zero-order chi connectivity index (χ0) is 7.73. The number of hydrogen-bond donors (Lipinski definition) is 1. The van der Waals surface area contributed by atoms with Gasteiger partial charge in [0.2, 0.25) is 0 Å². The molecule has 0 aromatic heterocycles. The molecule has 0 bridgehead atoms. The van der Waals surface area contributed by atoms with Crippen LogP contribution in [0.25, 0.3) is 0 Å². The highest BCUT2D eigenvalue weighted by Gasteiger charge is 2.40. The molecule has 0 radical (unpaired) electrons. The van der Waals surface area contributed by atoms with Crippen LogP contribution in [0.3, 0.4) is 0 Å². The summed E-state index contributed by atoms with van der Waals surface area (Å²) in [6, 6.07) is 0. The van der Waals surface area contributed by atoms with Gasteiger partial charge in [-0.25, -0.2) is 0 Å². The Labute approximate surface area is 83.8 Å². The summed E-state index contributed by atoms with van der Waals surface area (Å²) < 4.78 is 11.2. The highest BCUT2D eigenvalue weighted by Crippen LogP contribution is 2.27. The molecule has 2 aliphatic rings. The summed E-state index contributed by atoms with van der Waals surface area (Å²) in [6.07, 6.45) is 2.14. The van der Waals surface area contributed by atoms with Crippen LogP contribution >= 0.6 is 0 Å². The molecule has 0 amide bonds. The lowest BCUT2D eigenvalue weighted by Crippen LogP contribution is -3.10. The lowest BCUT2D eigenvalue weighted by Gasteiger charge is -2.33. The van der Waals surface area contributed by atoms with Crippen LogP contribution in [0.1, 0.15) is 12.8 Å². The van der Waals surface area contributed by atoms with Crippen molar-refractivity contribution in [2.75, 3.05) is 33.4 Å². The quantitative estimate of drug-likeness (QED) is 0.465. The first kappa shape index (κ1) is 10.4. The molecule has 2 heterocycles. The predicted molar refractivity (Wildman–Crippen MR) is 40.5 cm³/mol. The molecule has 2 fully saturated rings. The van der Waals surface area contributed by atoms with Crippen LogP contribution in [-0.2, 0) is 9.47 Å². The molecule has 0 unspecified atom stereocenters. The van der Waals surface area contributed by atoms with Gasteiger partial charge in [-0.2, -0.15) is 0 Å². The smallest absolute Gasteiger partial charge is 0.179 e. The standard InChI is InChI=1S/C8H15NO2.BrH/c1-9-4-2-8(3-5-9)10-6-7-11-8;/h2-7H2,1H3;1H.